The molecule has 2 aliphatic rings. The molecule has 0 radical (unpaired) electrons. The van der Waals surface area contributed by atoms with Crippen molar-refractivity contribution in [2.24, 2.45) is 0 Å². The summed E-state index contributed by atoms with van der Waals surface area (Å²) < 4.78 is 1.90. The number of piperazine rings is 1. The molecule has 1 unspecified atom stereocenters. The maximum absolute atomic E-state index is 12.3. The molecule has 0 aromatic carbocycles. The molecule has 2 saturated heterocycles. The fourth-order valence-electron chi connectivity index (χ4n) is 3.43. The van der Waals surface area contributed by atoms with Crippen molar-refractivity contribution in [1.29, 1.82) is 0 Å². The van der Waals surface area contributed by atoms with Crippen molar-refractivity contribution in [3.63, 3.8) is 0 Å². The summed E-state index contributed by atoms with van der Waals surface area (Å²) in [5, 5.41) is 10.7. The van der Waals surface area contributed by atoms with Crippen molar-refractivity contribution in [3.8, 4) is 0 Å². The van der Waals surface area contributed by atoms with Crippen molar-refractivity contribution < 1.29 is 9.59 Å². The van der Waals surface area contributed by atoms with Gasteiger partial charge in [0.25, 0.3) is 5.91 Å². The molecule has 0 bridgehead atoms. The number of carbonyl (C=O) groups excluding carboxylic acids is 2. The van der Waals surface area contributed by atoms with Crippen molar-refractivity contribution >= 4 is 11.8 Å². The summed E-state index contributed by atoms with van der Waals surface area (Å²) in [6.07, 6.45) is 5.74. The van der Waals surface area contributed by atoms with Gasteiger partial charge in [-0.3, -0.25) is 19.2 Å². The topological polar surface area (TPSA) is 82.5 Å². The van der Waals surface area contributed by atoms with Gasteiger partial charge in [0.15, 0.2) is 0 Å². The van der Waals surface area contributed by atoms with E-state index in [0.29, 0.717) is 18.2 Å². The molecule has 8 heteroatoms. The van der Waals surface area contributed by atoms with E-state index in [0.717, 1.165) is 58.7 Å². The summed E-state index contributed by atoms with van der Waals surface area (Å²) in [7, 11) is 0. The van der Waals surface area contributed by atoms with Gasteiger partial charge in [-0.1, -0.05) is 0 Å². The Morgan fingerprint density at radius 3 is 2.80 bits per heavy atom. The zero-order valence-corrected chi connectivity index (χ0v) is 14.9. The van der Waals surface area contributed by atoms with Crippen LogP contribution >= 0.6 is 0 Å². The first-order valence-electron chi connectivity index (χ1n) is 9.14. The molecular formula is C17H28N6O2. The van der Waals surface area contributed by atoms with Crippen molar-refractivity contribution in [3.05, 3.63) is 18.0 Å². The van der Waals surface area contributed by atoms with Gasteiger partial charge in [0.1, 0.15) is 0 Å². The van der Waals surface area contributed by atoms with Crippen LogP contribution in [0.25, 0.3) is 0 Å². The lowest BCUT2D eigenvalue weighted by molar-refractivity contribution is -0.130. The molecule has 8 nitrogen and oxygen atoms in total. The van der Waals surface area contributed by atoms with Crippen LogP contribution in [0.5, 0.6) is 0 Å². The molecule has 0 spiro atoms. The highest BCUT2D eigenvalue weighted by Gasteiger charge is 2.19. The number of nitrogens with one attached hydrogen (secondary N) is 2. The molecule has 138 valence electrons. The van der Waals surface area contributed by atoms with Crippen LogP contribution in [0, 0.1) is 0 Å². The molecule has 3 heterocycles. The standard InChI is InChI=1S/C17H28N6O2/c1-14(24)22-9-7-21(8-10-22)6-5-19-17(25)15-11-20-23(13-15)16-3-2-4-18-12-16/h11,13,16,18H,2-10,12H2,1H3,(H,19,25). The van der Waals surface area contributed by atoms with Gasteiger partial charge in [-0.2, -0.15) is 5.10 Å². The molecule has 2 fully saturated rings. The summed E-state index contributed by atoms with van der Waals surface area (Å²) >= 11 is 0. The first-order valence-corrected chi connectivity index (χ1v) is 9.14. The van der Waals surface area contributed by atoms with Crippen LogP contribution in [0.4, 0.5) is 0 Å². The number of carbonyl (C=O) groups is 2. The van der Waals surface area contributed by atoms with Gasteiger partial charge in [0.05, 0.1) is 17.8 Å². The Kier molecular flexibility index (Phi) is 6.04. The number of amides is 2. The summed E-state index contributed by atoms with van der Waals surface area (Å²) in [6.45, 7) is 8.26. The van der Waals surface area contributed by atoms with Crippen molar-refractivity contribution in [1.82, 2.24) is 30.2 Å². The predicted octanol–water partition coefficient (Wildman–Crippen LogP) is -0.298. The van der Waals surface area contributed by atoms with Gasteiger partial charge in [0, 0.05) is 58.9 Å². The summed E-state index contributed by atoms with van der Waals surface area (Å²) in [5.74, 6) is 0.0653. The second kappa shape index (κ2) is 8.44. The predicted molar refractivity (Wildman–Crippen MR) is 94.4 cm³/mol. The number of hydrogen-bond donors (Lipinski definition) is 2. The van der Waals surface area contributed by atoms with Gasteiger partial charge in [-0.25, -0.2) is 0 Å². The Labute approximate surface area is 148 Å². The molecule has 0 saturated carbocycles. The molecular weight excluding hydrogens is 320 g/mol. The van der Waals surface area contributed by atoms with E-state index in [1.165, 1.54) is 0 Å². The van der Waals surface area contributed by atoms with Crippen molar-refractivity contribution in [2.75, 3.05) is 52.4 Å². The highest BCUT2D eigenvalue weighted by atomic mass is 16.2. The molecule has 1 aromatic heterocycles. The molecule has 2 N–H and O–H groups in total. The van der Waals surface area contributed by atoms with Crippen LogP contribution in [0.2, 0.25) is 0 Å². The normalized spacial score (nSPS) is 22.0. The Hall–Kier alpha value is -1.93. The average molecular weight is 348 g/mol. The van der Waals surface area contributed by atoms with Gasteiger partial charge in [-0.15, -0.1) is 0 Å². The Bertz CT molecular complexity index is 588. The minimum Gasteiger partial charge on any atom is -0.351 e. The first-order chi connectivity index (χ1) is 12.1. The number of hydrogen-bond acceptors (Lipinski definition) is 5. The highest BCUT2D eigenvalue weighted by Crippen LogP contribution is 2.16. The van der Waals surface area contributed by atoms with Crippen LogP contribution in [0.1, 0.15) is 36.2 Å². The third-order valence-electron chi connectivity index (χ3n) is 5.04. The first kappa shape index (κ1) is 17.9. The summed E-state index contributed by atoms with van der Waals surface area (Å²) in [6, 6.07) is 0.341. The van der Waals surface area contributed by atoms with Gasteiger partial charge < -0.3 is 15.5 Å². The van der Waals surface area contributed by atoms with E-state index >= 15 is 0 Å². The number of nitrogens with zero attached hydrogens (tertiary/aromatic N) is 4. The van der Waals surface area contributed by atoms with Gasteiger partial charge in [0.2, 0.25) is 5.91 Å². The largest absolute Gasteiger partial charge is 0.351 e. The van der Waals surface area contributed by atoms with E-state index in [9.17, 15) is 9.59 Å². The maximum Gasteiger partial charge on any atom is 0.254 e. The number of aromatic nitrogens is 2. The lowest BCUT2D eigenvalue weighted by Crippen LogP contribution is -2.49. The summed E-state index contributed by atoms with van der Waals surface area (Å²) in [4.78, 5) is 27.7. The Morgan fingerprint density at radius 1 is 1.32 bits per heavy atom. The van der Waals surface area contributed by atoms with Crippen LogP contribution in [-0.2, 0) is 4.79 Å². The zero-order chi connectivity index (χ0) is 17.6. The lowest BCUT2D eigenvalue weighted by Gasteiger charge is -2.34. The second-order valence-electron chi connectivity index (χ2n) is 6.81. The third-order valence-corrected chi connectivity index (χ3v) is 5.04. The number of rotatable bonds is 5. The molecule has 1 atom stereocenters. The Balaban J connectivity index is 1.39. The van der Waals surface area contributed by atoms with E-state index in [1.54, 1.807) is 13.1 Å². The van der Waals surface area contributed by atoms with Crippen LogP contribution in [0.3, 0.4) is 0 Å². The minimum atomic E-state index is -0.0719. The van der Waals surface area contributed by atoms with E-state index in [1.807, 2.05) is 15.8 Å². The number of piperidine rings is 1. The molecule has 1 aromatic rings. The van der Waals surface area contributed by atoms with E-state index < -0.39 is 0 Å². The van der Waals surface area contributed by atoms with E-state index in [2.05, 4.69) is 20.6 Å². The molecule has 3 rings (SSSR count). The molecule has 2 amide bonds. The summed E-state index contributed by atoms with van der Waals surface area (Å²) in [5.41, 5.74) is 0.618. The quantitative estimate of drug-likeness (QED) is 0.764. The van der Waals surface area contributed by atoms with Crippen LogP contribution in [-0.4, -0.2) is 83.8 Å². The zero-order valence-electron chi connectivity index (χ0n) is 14.9. The minimum absolute atomic E-state index is 0.0719. The van der Waals surface area contributed by atoms with Gasteiger partial charge in [-0.05, 0) is 19.4 Å². The SMILES string of the molecule is CC(=O)N1CCN(CCNC(=O)c2cnn(C3CCCNC3)c2)CC1. The average Bonchev–Trinajstić information content (AvgIpc) is 3.13. The molecule has 25 heavy (non-hydrogen) atoms. The monoisotopic (exact) mass is 348 g/mol. The van der Waals surface area contributed by atoms with E-state index in [4.69, 9.17) is 0 Å². The Morgan fingerprint density at radius 2 is 2.12 bits per heavy atom. The molecule has 0 aliphatic carbocycles. The van der Waals surface area contributed by atoms with Gasteiger partial charge >= 0.3 is 0 Å². The fraction of sp³-hybridized carbons (Fsp3) is 0.706. The van der Waals surface area contributed by atoms with Crippen molar-refractivity contribution in [2.45, 2.75) is 25.8 Å². The second-order valence-corrected chi connectivity index (χ2v) is 6.81. The smallest absolute Gasteiger partial charge is 0.254 e. The molecule has 2 aliphatic heterocycles. The maximum atomic E-state index is 12.3. The fourth-order valence-corrected chi connectivity index (χ4v) is 3.43. The van der Waals surface area contributed by atoms with E-state index in [-0.39, 0.29) is 11.8 Å². The van der Waals surface area contributed by atoms with Crippen LogP contribution < -0.4 is 10.6 Å². The highest BCUT2D eigenvalue weighted by molar-refractivity contribution is 5.93. The third kappa shape index (κ3) is 4.79. The lowest BCUT2D eigenvalue weighted by atomic mass is 10.1. The van der Waals surface area contributed by atoms with Crippen LogP contribution in [0.15, 0.2) is 12.4 Å².